The molecule has 3 N–H and O–H groups in total. The van der Waals surface area contributed by atoms with Gasteiger partial charge in [-0.25, -0.2) is 4.98 Å². The highest BCUT2D eigenvalue weighted by molar-refractivity contribution is 5.38. The minimum atomic E-state index is -0.248. The van der Waals surface area contributed by atoms with Crippen molar-refractivity contribution in [2.24, 2.45) is 5.73 Å². The van der Waals surface area contributed by atoms with Crippen LogP contribution in [0.15, 0.2) is 35.4 Å². The molecule has 0 aliphatic heterocycles. The zero-order valence-electron chi connectivity index (χ0n) is 9.43. The number of H-pyrrole nitrogens is 1. The Labute approximate surface area is 98.3 Å². The smallest absolute Gasteiger partial charge is 0.254 e. The Bertz CT molecular complexity index is 578. The van der Waals surface area contributed by atoms with E-state index >= 15 is 0 Å². The van der Waals surface area contributed by atoms with E-state index in [-0.39, 0.29) is 11.4 Å². The van der Waals surface area contributed by atoms with Gasteiger partial charge in [0.25, 0.3) is 5.56 Å². The first kappa shape index (κ1) is 11.3. The normalized spacial score (nSPS) is 10.2. The molecular weight excluding hydrogens is 218 g/mol. The standard InChI is InChI=1S/C12H13N3O2/c1-8-2-3-9(6-13)4-10(8)17-12-5-11(16)14-7-15-12/h2-5,7H,6,13H2,1H3,(H,14,15,16). The van der Waals surface area contributed by atoms with E-state index in [0.29, 0.717) is 12.3 Å². The Morgan fingerprint density at radius 1 is 1.41 bits per heavy atom. The molecule has 0 unspecified atom stereocenters. The topological polar surface area (TPSA) is 81.0 Å². The number of hydrogen-bond donors (Lipinski definition) is 2. The van der Waals surface area contributed by atoms with Crippen LogP contribution in [0.5, 0.6) is 11.6 Å². The van der Waals surface area contributed by atoms with Gasteiger partial charge in [0, 0.05) is 6.54 Å². The van der Waals surface area contributed by atoms with Crippen molar-refractivity contribution in [3.63, 3.8) is 0 Å². The van der Waals surface area contributed by atoms with E-state index in [0.717, 1.165) is 11.1 Å². The molecular formula is C12H13N3O2. The highest BCUT2D eigenvalue weighted by Gasteiger charge is 2.04. The summed E-state index contributed by atoms with van der Waals surface area (Å²) in [4.78, 5) is 17.4. The summed E-state index contributed by atoms with van der Waals surface area (Å²) in [7, 11) is 0. The molecule has 0 spiro atoms. The van der Waals surface area contributed by atoms with Crippen molar-refractivity contribution in [3.8, 4) is 11.6 Å². The Hall–Kier alpha value is -2.14. The van der Waals surface area contributed by atoms with Gasteiger partial charge < -0.3 is 15.5 Å². The van der Waals surface area contributed by atoms with Crippen molar-refractivity contribution in [2.45, 2.75) is 13.5 Å². The quantitative estimate of drug-likeness (QED) is 0.835. The van der Waals surface area contributed by atoms with E-state index in [1.807, 2.05) is 25.1 Å². The predicted molar refractivity (Wildman–Crippen MR) is 64.0 cm³/mol. The minimum absolute atomic E-state index is 0.248. The zero-order chi connectivity index (χ0) is 12.3. The van der Waals surface area contributed by atoms with Gasteiger partial charge in [-0.3, -0.25) is 4.79 Å². The maximum atomic E-state index is 11.1. The summed E-state index contributed by atoms with van der Waals surface area (Å²) in [6, 6.07) is 7.00. The third-order valence-electron chi connectivity index (χ3n) is 2.36. The molecule has 0 radical (unpaired) electrons. The maximum Gasteiger partial charge on any atom is 0.254 e. The largest absolute Gasteiger partial charge is 0.438 e. The number of nitrogens with one attached hydrogen (secondary N) is 1. The van der Waals surface area contributed by atoms with Gasteiger partial charge in [-0.15, -0.1) is 0 Å². The number of aromatic nitrogens is 2. The van der Waals surface area contributed by atoms with E-state index in [1.165, 1.54) is 12.4 Å². The fourth-order valence-electron chi connectivity index (χ4n) is 1.40. The molecule has 5 nitrogen and oxygen atoms in total. The second-order valence-electron chi connectivity index (χ2n) is 3.66. The Balaban J connectivity index is 2.32. The molecule has 2 rings (SSSR count). The van der Waals surface area contributed by atoms with Crippen molar-refractivity contribution in [3.05, 3.63) is 52.1 Å². The molecule has 0 fully saturated rings. The molecule has 0 amide bonds. The molecule has 0 saturated carbocycles. The number of nitrogens with two attached hydrogens (primary N) is 1. The van der Waals surface area contributed by atoms with E-state index in [2.05, 4.69) is 9.97 Å². The van der Waals surface area contributed by atoms with Crippen molar-refractivity contribution in [2.75, 3.05) is 0 Å². The van der Waals surface area contributed by atoms with Gasteiger partial charge >= 0.3 is 0 Å². The van der Waals surface area contributed by atoms with Crippen molar-refractivity contribution < 1.29 is 4.74 Å². The van der Waals surface area contributed by atoms with Crippen molar-refractivity contribution in [1.82, 2.24) is 9.97 Å². The summed E-state index contributed by atoms with van der Waals surface area (Å²) in [6.07, 6.45) is 1.31. The third-order valence-corrected chi connectivity index (χ3v) is 2.36. The number of nitrogens with zero attached hydrogens (tertiary/aromatic N) is 1. The van der Waals surface area contributed by atoms with Crippen LogP contribution in [0.25, 0.3) is 0 Å². The molecule has 1 aromatic heterocycles. The first-order valence-electron chi connectivity index (χ1n) is 5.21. The maximum absolute atomic E-state index is 11.1. The molecule has 88 valence electrons. The molecule has 0 aliphatic rings. The summed E-state index contributed by atoms with van der Waals surface area (Å²) in [6.45, 7) is 2.36. The second-order valence-corrected chi connectivity index (χ2v) is 3.66. The van der Waals surface area contributed by atoms with Crippen molar-refractivity contribution >= 4 is 0 Å². The Morgan fingerprint density at radius 3 is 2.94 bits per heavy atom. The van der Waals surface area contributed by atoms with E-state index in [4.69, 9.17) is 10.5 Å². The molecule has 0 saturated heterocycles. The highest BCUT2D eigenvalue weighted by atomic mass is 16.5. The van der Waals surface area contributed by atoms with Gasteiger partial charge in [-0.05, 0) is 24.1 Å². The van der Waals surface area contributed by atoms with Crippen LogP contribution in [-0.4, -0.2) is 9.97 Å². The number of ether oxygens (including phenoxy) is 1. The van der Waals surface area contributed by atoms with Crippen LogP contribution in [0.2, 0.25) is 0 Å². The zero-order valence-corrected chi connectivity index (χ0v) is 9.43. The third kappa shape index (κ3) is 2.70. The van der Waals surface area contributed by atoms with Gasteiger partial charge in [-0.1, -0.05) is 12.1 Å². The average Bonchev–Trinajstić information content (AvgIpc) is 2.32. The summed E-state index contributed by atoms with van der Waals surface area (Å²) < 4.78 is 5.55. The first-order valence-corrected chi connectivity index (χ1v) is 5.21. The fraction of sp³-hybridized carbons (Fsp3) is 0.167. The predicted octanol–water partition coefficient (Wildman–Crippen LogP) is 1.33. The lowest BCUT2D eigenvalue weighted by atomic mass is 10.1. The summed E-state index contributed by atoms with van der Waals surface area (Å²) in [5, 5.41) is 0. The number of rotatable bonds is 3. The number of hydrogen-bond acceptors (Lipinski definition) is 4. The van der Waals surface area contributed by atoms with Crippen LogP contribution in [0.4, 0.5) is 0 Å². The molecule has 0 aliphatic carbocycles. The SMILES string of the molecule is Cc1ccc(CN)cc1Oc1cc(=O)[nH]cn1. The number of aryl methyl sites for hydroxylation is 1. The second kappa shape index (κ2) is 4.80. The van der Waals surface area contributed by atoms with E-state index in [9.17, 15) is 4.79 Å². The Morgan fingerprint density at radius 2 is 2.24 bits per heavy atom. The number of benzene rings is 1. The lowest BCUT2D eigenvalue weighted by molar-refractivity contribution is 0.456. The summed E-state index contributed by atoms with van der Waals surface area (Å²) in [5.74, 6) is 0.928. The first-order chi connectivity index (χ1) is 8.19. The van der Waals surface area contributed by atoms with Crippen LogP contribution in [-0.2, 0) is 6.54 Å². The molecule has 5 heteroatoms. The van der Waals surface area contributed by atoms with Crippen LogP contribution >= 0.6 is 0 Å². The lowest BCUT2D eigenvalue weighted by Gasteiger charge is -2.08. The molecule has 1 aromatic carbocycles. The van der Waals surface area contributed by atoms with Crippen LogP contribution < -0.4 is 16.0 Å². The summed E-state index contributed by atoms with van der Waals surface area (Å²) >= 11 is 0. The van der Waals surface area contributed by atoms with Crippen molar-refractivity contribution in [1.29, 1.82) is 0 Å². The minimum Gasteiger partial charge on any atom is -0.438 e. The molecule has 17 heavy (non-hydrogen) atoms. The van der Waals surface area contributed by atoms with Gasteiger partial charge in [0.05, 0.1) is 12.4 Å². The highest BCUT2D eigenvalue weighted by Crippen LogP contribution is 2.23. The van der Waals surface area contributed by atoms with Gasteiger partial charge in [0.1, 0.15) is 5.75 Å². The molecule has 2 aromatic rings. The number of aromatic amines is 1. The Kier molecular flexibility index (Phi) is 3.20. The molecule has 1 heterocycles. The van der Waals surface area contributed by atoms with Gasteiger partial charge in [0.2, 0.25) is 5.88 Å². The fourth-order valence-corrected chi connectivity index (χ4v) is 1.40. The van der Waals surface area contributed by atoms with Gasteiger partial charge in [0.15, 0.2) is 0 Å². The van der Waals surface area contributed by atoms with Gasteiger partial charge in [-0.2, -0.15) is 0 Å². The average molecular weight is 231 g/mol. The van der Waals surface area contributed by atoms with Crippen LogP contribution in [0.3, 0.4) is 0 Å². The summed E-state index contributed by atoms with van der Waals surface area (Å²) in [5.41, 5.74) is 7.24. The van der Waals surface area contributed by atoms with Crippen LogP contribution in [0, 0.1) is 6.92 Å². The van der Waals surface area contributed by atoms with E-state index in [1.54, 1.807) is 0 Å². The molecule has 0 bridgehead atoms. The lowest BCUT2D eigenvalue weighted by Crippen LogP contribution is -2.05. The molecule has 0 atom stereocenters. The van der Waals surface area contributed by atoms with Crippen LogP contribution in [0.1, 0.15) is 11.1 Å². The monoisotopic (exact) mass is 231 g/mol. The van der Waals surface area contributed by atoms with E-state index < -0.39 is 0 Å².